The van der Waals surface area contributed by atoms with Crippen LogP contribution in [0.25, 0.3) is 5.57 Å². The Morgan fingerprint density at radius 2 is 2.31 bits per heavy atom. The zero-order chi connectivity index (χ0) is 9.00. The minimum atomic E-state index is 0.269. The lowest BCUT2D eigenvalue weighted by molar-refractivity contribution is 0.394. The predicted molar refractivity (Wildman–Crippen MR) is 52.9 cm³/mol. The third-order valence-electron chi connectivity index (χ3n) is 2.80. The van der Waals surface area contributed by atoms with Gasteiger partial charge in [0.2, 0.25) is 0 Å². The topological polar surface area (TPSA) is 12.5 Å². The summed E-state index contributed by atoms with van der Waals surface area (Å²) in [5.41, 5.74) is 3.48. The molecule has 2 unspecified atom stereocenters. The van der Waals surface area contributed by atoms with Crippen LogP contribution in [0.3, 0.4) is 0 Å². The molecule has 3 rings (SSSR count). The standard InChI is InChI=1S/C11H9ClO/c1-6-7-3-2-4-9(12)8(7)5-10-11(6)13-10/h2-4,10-11H,1,5H2. The first-order chi connectivity index (χ1) is 6.27. The maximum absolute atomic E-state index is 6.09. The van der Waals surface area contributed by atoms with Crippen molar-refractivity contribution in [1.82, 2.24) is 0 Å². The maximum atomic E-state index is 6.09. The van der Waals surface area contributed by atoms with Crippen LogP contribution in [0.2, 0.25) is 5.02 Å². The number of halogens is 1. The molecular formula is C11H9ClO. The molecule has 0 aromatic heterocycles. The number of epoxide rings is 1. The summed E-state index contributed by atoms with van der Waals surface area (Å²) in [6.07, 6.45) is 1.56. The number of hydrogen-bond acceptors (Lipinski definition) is 1. The van der Waals surface area contributed by atoms with E-state index < -0.39 is 0 Å². The summed E-state index contributed by atoms with van der Waals surface area (Å²) in [6.45, 7) is 4.04. The summed E-state index contributed by atoms with van der Waals surface area (Å²) in [6, 6.07) is 5.97. The van der Waals surface area contributed by atoms with Crippen LogP contribution in [0.5, 0.6) is 0 Å². The third kappa shape index (κ3) is 0.976. The van der Waals surface area contributed by atoms with Gasteiger partial charge in [0, 0.05) is 11.4 Å². The van der Waals surface area contributed by atoms with Crippen molar-refractivity contribution in [2.24, 2.45) is 0 Å². The molecule has 2 atom stereocenters. The van der Waals surface area contributed by atoms with Crippen molar-refractivity contribution in [2.75, 3.05) is 0 Å². The minimum absolute atomic E-state index is 0.269. The van der Waals surface area contributed by atoms with Gasteiger partial charge in [0.1, 0.15) is 6.10 Å². The molecule has 0 amide bonds. The second-order valence-corrected chi connectivity index (χ2v) is 4.00. The SMILES string of the molecule is C=C1c2cccc(Cl)c2CC2OC12. The molecule has 1 aromatic carbocycles. The molecule has 2 aliphatic rings. The molecule has 0 bridgehead atoms. The fourth-order valence-electron chi connectivity index (χ4n) is 2.03. The van der Waals surface area contributed by atoms with E-state index in [1.807, 2.05) is 12.1 Å². The molecule has 1 saturated heterocycles. The van der Waals surface area contributed by atoms with Crippen molar-refractivity contribution in [3.05, 3.63) is 40.9 Å². The first-order valence-electron chi connectivity index (χ1n) is 4.39. The fraction of sp³-hybridized carbons (Fsp3) is 0.273. The maximum Gasteiger partial charge on any atom is 0.110 e. The Morgan fingerprint density at radius 1 is 1.46 bits per heavy atom. The van der Waals surface area contributed by atoms with Crippen LogP contribution in [-0.2, 0) is 11.2 Å². The highest BCUT2D eigenvalue weighted by Gasteiger charge is 2.45. The van der Waals surface area contributed by atoms with E-state index in [2.05, 4.69) is 12.6 Å². The van der Waals surface area contributed by atoms with Crippen LogP contribution >= 0.6 is 11.6 Å². The van der Waals surface area contributed by atoms with Gasteiger partial charge in [0.05, 0.1) is 6.10 Å². The molecule has 2 heteroatoms. The monoisotopic (exact) mass is 192 g/mol. The first kappa shape index (κ1) is 7.60. The molecule has 1 aliphatic carbocycles. The molecule has 1 aliphatic heterocycles. The molecule has 1 heterocycles. The van der Waals surface area contributed by atoms with Crippen LogP contribution in [0.1, 0.15) is 11.1 Å². The van der Waals surface area contributed by atoms with E-state index in [9.17, 15) is 0 Å². The van der Waals surface area contributed by atoms with Gasteiger partial charge in [-0.1, -0.05) is 30.3 Å². The van der Waals surface area contributed by atoms with Crippen LogP contribution < -0.4 is 0 Å². The summed E-state index contributed by atoms with van der Waals surface area (Å²) in [7, 11) is 0. The minimum Gasteiger partial charge on any atom is -0.364 e. The average molecular weight is 193 g/mol. The fourth-order valence-corrected chi connectivity index (χ4v) is 2.28. The Bertz CT molecular complexity index is 397. The van der Waals surface area contributed by atoms with Crippen molar-refractivity contribution in [3.63, 3.8) is 0 Å². The molecule has 13 heavy (non-hydrogen) atoms. The lowest BCUT2D eigenvalue weighted by Gasteiger charge is -2.15. The van der Waals surface area contributed by atoms with Crippen LogP contribution in [-0.4, -0.2) is 12.2 Å². The second kappa shape index (κ2) is 2.37. The van der Waals surface area contributed by atoms with Crippen molar-refractivity contribution in [1.29, 1.82) is 0 Å². The molecule has 1 fully saturated rings. The van der Waals surface area contributed by atoms with Gasteiger partial charge in [-0.2, -0.15) is 0 Å². The Labute approximate surface area is 82.0 Å². The quantitative estimate of drug-likeness (QED) is 0.576. The average Bonchev–Trinajstić information content (AvgIpc) is 2.87. The van der Waals surface area contributed by atoms with Crippen molar-refractivity contribution in [3.8, 4) is 0 Å². The van der Waals surface area contributed by atoms with Gasteiger partial charge in [-0.05, 0) is 22.8 Å². The van der Waals surface area contributed by atoms with E-state index in [1.54, 1.807) is 0 Å². The van der Waals surface area contributed by atoms with E-state index in [1.165, 1.54) is 11.1 Å². The molecule has 1 nitrogen and oxygen atoms in total. The van der Waals surface area contributed by atoms with Gasteiger partial charge < -0.3 is 4.74 Å². The number of benzene rings is 1. The molecule has 0 N–H and O–H groups in total. The molecule has 0 saturated carbocycles. The third-order valence-corrected chi connectivity index (χ3v) is 3.15. The predicted octanol–water partition coefficient (Wildman–Crippen LogP) is 2.68. The lowest BCUT2D eigenvalue weighted by atomic mass is 9.88. The smallest absolute Gasteiger partial charge is 0.110 e. The largest absolute Gasteiger partial charge is 0.364 e. The van der Waals surface area contributed by atoms with Crippen LogP contribution in [0.15, 0.2) is 24.8 Å². The zero-order valence-electron chi connectivity index (χ0n) is 7.09. The van der Waals surface area contributed by atoms with Gasteiger partial charge >= 0.3 is 0 Å². The number of hydrogen-bond donors (Lipinski definition) is 0. The Balaban J connectivity index is 2.21. The van der Waals surface area contributed by atoms with Crippen molar-refractivity contribution in [2.45, 2.75) is 18.6 Å². The van der Waals surface area contributed by atoms with Crippen LogP contribution in [0.4, 0.5) is 0 Å². The molecule has 0 spiro atoms. The van der Waals surface area contributed by atoms with Gasteiger partial charge in [-0.3, -0.25) is 0 Å². The molecular weight excluding hydrogens is 184 g/mol. The molecule has 1 aromatic rings. The Kier molecular flexibility index (Phi) is 1.38. The Hall–Kier alpha value is -0.790. The van der Waals surface area contributed by atoms with E-state index in [4.69, 9.17) is 16.3 Å². The summed E-state index contributed by atoms with van der Waals surface area (Å²) >= 11 is 6.09. The van der Waals surface area contributed by atoms with Gasteiger partial charge in [0.25, 0.3) is 0 Å². The van der Waals surface area contributed by atoms with Gasteiger partial charge in [-0.15, -0.1) is 0 Å². The van der Waals surface area contributed by atoms with Crippen molar-refractivity contribution < 1.29 is 4.74 Å². The molecule has 0 radical (unpaired) electrons. The summed E-state index contributed by atoms with van der Waals surface area (Å²) in [5, 5.41) is 0.840. The summed E-state index contributed by atoms with van der Waals surface area (Å²) < 4.78 is 5.47. The highest BCUT2D eigenvalue weighted by atomic mass is 35.5. The van der Waals surface area contributed by atoms with E-state index in [0.29, 0.717) is 6.10 Å². The Morgan fingerprint density at radius 3 is 3.15 bits per heavy atom. The lowest BCUT2D eigenvalue weighted by Crippen LogP contribution is -2.10. The van der Waals surface area contributed by atoms with Gasteiger partial charge in [-0.25, -0.2) is 0 Å². The second-order valence-electron chi connectivity index (χ2n) is 3.59. The normalized spacial score (nSPS) is 29.5. The van der Waals surface area contributed by atoms with Crippen LogP contribution in [0, 0.1) is 0 Å². The highest BCUT2D eigenvalue weighted by molar-refractivity contribution is 6.31. The summed E-state index contributed by atoms with van der Waals surface area (Å²) in [5.74, 6) is 0. The zero-order valence-corrected chi connectivity index (χ0v) is 7.84. The summed E-state index contributed by atoms with van der Waals surface area (Å²) in [4.78, 5) is 0. The van der Waals surface area contributed by atoms with E-state index in [-0.39, 0.29) is 6.10 Å². The first-order valence-corrected chi connectivity index (χ1v) is 4.77. The number of rotatable bonds is 0. The van der Waals surface area contributed by atoms with Crippen molar-refractivity contribution >= 4 is 17.2 Å². The van der Waals surface area contributed by atoms with E-state index in [0.717, 1.165) is 17.0 Å². The molecule has 66 valence electrons. The number of fused-ring (bicyclic) bond motifs is 2. The highest BCUT2D eigenvalue weighted by Crippen LogP contribution is 2.44. The van der Waals surface area contributed by atoms with Gasteiger partial charge in [0.15, 0.2) is 0 Å². The van der Waals surface area contributed by atoms with E-state index >= 15 is 0 Å². The number of ether oxygens (including phenoxy) is 1.